The van der Waals surface area contributed by atoms with Gasteiger partial charge in [0.05, 0.1) is 6.04 Å². The molecular weight excluding hydrogens is 266 g/mol. The summed E-state index contributed by atoms with van der Waals surface area (Å²) in [5, 5.41) is 2.15. The molecule has 0 radical (unpaired) electrons. The van der Waals surface area contributed by atoms with Gasteiger partial charge in [-0.05, 0) is 55.1 Å². The van der Waals surface area contributed by atoms with E-state index >= 15 is 0 Å². The van der Waals surface area contributed by atoms with E-state index in [0.29, 0.717) is 0 Å². The molecule has 0 fully saturated rings. The zero-order valence-corrected chi connectivity index (χ0v) is 13.2. The topological polar surface area (TPSA) is 42.1 Å². The number of likely N-dealkylation sites (N-methyl/N-ethyl adjacent to an activating group) is 1. The Morgan fingerprint density at radius 3 is 2.55 bits per heavy atom. The Labute approximate surface area is 125 Å². The highest BCUT2D eigenvalue weighted by Gasteiger charge is 2.25. The van der Waals surface area contributed by atoms with E-state index in [9.17, 15) is 0 Å². The molecule has 4 heteroatoms. The number of aryl methyl sites for hydroxylation is 1. The minimum absolute atomic E-state index is 0.152. The molecule has 2 heterocycles. The summed E-state index contributed by atoms with van der Waals surface area (Å²) in [7, 11) is 2.15. The summed E-state index contributed by atoms with van der Waals surface area (Å²) in [6.45, 7) is 5.21. The van der Waals surface area contributed by atoms with Crippen molar-refractivity contribution in [2.45, 2.75) is 38.9 Å². The number of nitrogens with two attached hydrogens (primary N) is 1. The maximum Gasteiger partial charge on any atom is 0.0596 e. The zero-order valence-electron chi connectivity index (χ0n) is 12.4. The van der Waals surface area contributed by atoms with Gasteiger partial charge >= 0.3 is 0 Å². The first kappa shape index (κ1) is 15.2. The summed E-state index contributed by atoms with van der Waals surface area (Å²) < 4.78 is 0. The molecule has 0 saturated carbocycles. The van der Waals surface area contributed by atoms with Crippen LogP contribution in [0, 0.1) is 6.92 Å². The van der Waals surface area contributed by atoms with E-state index < -0.39 is 0 Å². The molecule has 0 aliphatic carbocycles. The monoisotopic (exact) mass is 289 g/mol. The molecule has 0 amide bonds. The molecule has 3 nitrogen and oxygen atoms in total. The SMILES string of the molecule is CCC(N)C(c1sccc1C)N(C)Cc1ccncc1. The van der Waals surface area contributed by atoms with Crippen LogP contribution in [0.25, 0.3) is 0 Å². The third-order valence-electron chi connectivity index (χ3n) is 3.70. The molecule has 0 aliphatic heterocycles. The molecule has 2 aromatic rings. The molecule has 2 unspecified atom stereocenters. The lowest BCUT2D eigenvalue weighted by Gasteiger charge is -2.32. The first-order chi connectivity index (χ1) is 9.63. The summed E-state index contributed by atoms with van der Waals surface area (Å²) in [5.41, 5.74) is 8.99. The van der Waals surface area contributed by atoms with Crippen molar-refractivity contribution in [1.82, 2.24) is 9.88 Å². The Hall–Kier alpha value is -1.23. The molecule has 2 N–H and O–H groups in total. The molecular formula is C16H23N3S. The molecule has 108 valence electrons. The van der Waals surface area contributed by atoms with Crippen molar-refractivity contribution >= 4 is 11.3 Å². The first-order valence-electron chi connectivity index (χ1n) is 7.02. The van der Waals surface area contributed by atoms with Gasteiger partial charge < -0.3 is 5.73 Å². The fourth-order valence-electron chi connectivity index (χ4n) is 2.51. The van der Waals surface area contributed by atoms with E-state index in [0.717, 1.165) is 13.0 Å². The van der Waals surface area contributed by atoms with Crippen LogP contribution in [0.1, 0.15) is 35.4 Å². The third-order valence-corrected chi connectivity index (χ3v) is 4.79. The van der Waals surface area contributed by atoms with Gasteiger partial charge in [-0.1, -0.05) is 6.92 Å². The van der Waals surface area contributed by atoms with Crippen molar-refractivity contribution in [3.8, 4) is 0 Å². The second-order valence-corrected chi connectivity index (χ2v) is 6.20. The number of hydrogen-bond donors (Lipinski definition) is 1. The molecule has 20 heavy (non-hydrogen) atoms. The Bertz CT molecular complexity index is 524. The summed E-state index contributed by atoms with van der Waals surface area (Å²) >= 11 is 1.81. The summed E-state index contributed by atoms with van der Waals surface area (Å²) in [5.74, 6) is 0. The van der Waals surface area contributed by atoms with Crippen LogP contribution in [-0.4, -0.2) is 23.0 Å². The average molecular weight is 289 g/mol. The normalized spacial score (nSPS) is 14.4. The number of pyridine rings is 1. The summed E-state index contributed by atoms with van der Waals surface area (Å²) in [6.07, 6.45) is 4.66. The van der Waals surface area contributed by atoms with E-state index in [1.165, 1.54) is 16.0 Å². The Kier molecular flexibility index (Phi) is 5.29. The van der Waals surface area contributed by atoms with Gasteiger partial charge in [0.15, 0.2) is 0 Å². The second-order valence-electron chi connectivity index (χ2n) is 5.26. The van der Waals surface area contributed by atoms with Crippen molar-refractivity contribution in [2.75, 3.05) is 7.05 Å². The van der Waals surface area contributed by atoms with Gasteiger partial charge in [-0.2, -0.15) is 0 Å². The minimum Gasteiger partial charge on any atom is -0.326 e. The molecule has 2 rings (SSSR count). The van der Waals surface area contributed by atoms with E-state index in [2.05, 4.69) is 54.4 Å². The van der Waals surface area contributed by atoms with Crippen LogP contribution in [0.15, 0.2) is 36.0 Å². The van der Waals surface area contributed by atoms with Gasteiger partial charge in [0.25, 0.3) is 0 Å². The molecule has 0 aliphatic rings. The van der Waals surface area contributed by atoms with Gasteiger partial charge in [0.2, 0.25) is 0 Å². The minimum atomic E-state index is 0.152. The lowest BCUT2D eigenvalue weighted by atomic mass is 10.0. The third kappa shape index (κ3) is 3.45. The highest BCUT2D eigenvalue weighted by Crippen LogP contribution is 2.31. The van der Waals surface area contributed by atoms with Crippen LogP contribution < -0.4 is 5.73 Å². The molecule has 2 aromatic heterocycles. The fraction of sp³-hybridized carbons (Fsp3) is 0.438. The molecule has 0 aromatic carbocycles. The predicted octanol–water partition coefficient (Wildman–Crippen LogP) is 3.36. The first-order valence-corrected chi connectivity index (χ1v) is 7.90. The van der Waals surface area contributed by atoms with E-state index in [1.807, 2.05) is 12.4 Å². The van der Waals surface area contributed by atoms with E-state index in [1.54, 1.807) is 11.3 Å². The average Bonchev–Trinajstić information content (AvgIpc) is 2.86. The zero-order chi connectivity index (χ0) is 14.5. The largest absolute Gasteiger partial charge is 0.326 e. The number of hydrogen-bond acceptors (Lipinski definition) is 4. The van der Waals surface area contributed by atoms with Crippen LogP contribution in [0.4, 0.5) is 0 Å². The van der Waals surface area contributed by atoms with E-state index in [-0.39, 0.29) is 12.1 Å². The predicted molar refractivity (Wildman–Crippen MR) is 85.8 cm³/mol. The number of thiophene rings is 1. The highest BCUT2D eigenvalue weighted by molar-refractivity contribution is 7.10. The molecule has 0 spiro atoms. The van der Waals surface area contributed by atoms with Crippen LogP contribution in [-0.2, 0) is 6.54 Å². The van der Waals surface area contributed by atoms with Gasteiger partial charge in [-0.3, -0.25) is 9.88 Å². The van der Waals surface area contributed by atoms with Gasteiger partial charge in [0.1, 0.15) is 0 Å². The summed E-state index contributed by atoms with van der Waals surface area (Å²) in [6, 6.07) is 6.72. The van der Waals surface area contributed by atoms with Gasteiger partial charge in [0, 0.05) is 29.9 Å². The van der Waals surface area contributed by atoms with Crippen molar-refractivity contribution in [3.05, 3.63) is 52.0 Å². The Morgan fingerprint density at radius 2 is 2.00 bits per heavy atom. The molecule has 0 bridgehead atoms. The van der Waals surface area contributed by atoms with Crippen molar-refractivity contribution in [2.24, 2.45) is 5.73 Å². The van der Waals surface area contributed by atoms with Crippen molar-refractivity contribution in [3.63, 3.8) is 0 Å². The Balaban J connectivity index is 2.21. The fourth-order valence-corrected chi connectivity index (χ4v) is 3.67. The Morgan fingerprint density at radius 1 is 1.30 bits per heavy atom. The number of rotatable bonds is 6. The van der Waals surface area contributed by atoms with Gasteiger partial charge in [-0.25, -0.2) is 0 Å². The molecule has 2 atom stereocenters. The van der Waals surface area contributed by atoms with Crippen LogP contribution in [0.3, 0.4) is 0 Å². The van der Waals surface area contributed by atoms with Crippen molar-refractivity contribution < 1.29 is 0 Å². The maximum atomic E-state index is 6.38. The number of aromatic nitrogens is 1. The maximum absolute atomic E-state index is 6.38. The van der Waals surface area contributed by atoms with Gasteiger partial charge in [-0.15, -0.1) is 11.3 Å². The van der Waals surface area contributed by atoms with Crippen LogP contribution in [0.2, 0.25) is 0 Å². The van der Waals surface area contributed by atoms with Crippen LogP contribution >= 0.6 is 11.3 Å². The molecule has 0 saturated heterocycles. The lowest BCUT2D eigenvalue weighted by Crippen LogP contribution is -2.38. The standard InChI is InChI=1S/C16H23N3S/c1-4-14(17)15(16-12(2)7-10-20-16)19(3)11-13-5-8-18-9-6-13/h5-10,14-15H,4,11,17H2,1-3H3. The van der Waals surface area contributed by atoms with E-state index in [4.69, 9.17) is 5.73 Å². The highest BCUT2D eigenvalue weighted by atomic mass is 32.1. The van der Waals surface area contributed by atoms with Crippen molar-refractivity contribution in [1.29, 1.82) is 0 Å². The second kappa shape index (κ2) is 6.97. The summed E-state index contributed by atoms with van der Waals surface area (Å²) in [4.78, 5) is 7.81. The number of nitrogens with zero attached hydrogens (tertiary/aromatic N) is 2. The lowest BCUT2D eigenvalue weighted by molar-refractivity contribution is 0.204. The quantitative estimate of drug-likeness (QED) is 0.886. The smallest absolute Gasteiger partial charge is 0.0596 e. The van der Waals surface area contributed by atoms with Crippen LogP contribution in [0.5, 0.6) is 0 Å².